The molecule has 31 heavy (non-hydrogen) atoms. The average Bonchev–Trinajstić information content (AvgIpc) is 3.06. The summed E-state index contributed by atoms with van der Waals surface area (Å²) in [6, 6.07) is 9.82. The Bertz CT molecular complexity index is 1160. The van der Waals surface area contributed by atoms with Crippen molar-refractivity contribution in [3.8, 4) is 0 Å². The number of fused-ring (bicyclic) bond motifs is 1. The highest BCUT2D eigenvalue weighted by Crippen LogP contribution is 2.29. The van der Waals surface area contributed by atoms with Crippen LogP contribution in [0.5, 0.6) is 0 Å². The fourth-order valence-corrected chi connectivity index (χ4v) is 4.12. The second-order valence-corrected chi connectivity index (χ2v) is 8.34. The lowest BCUT2D eigenvalue weighted by Gasteiger charge is -2.34. The summed E-state index contributed by atoms with van der Waals surface area (Å²) in [5, 5.41) is 0.721. The van der Waals surface area contributed by atoms with Crippen molar-refractivity contribution in [3.63, 3.8) is 0 Å². The number of halogens is 3. The van der Waals surface area contributed by atoms with Gasteiger partial charge in [0, 0.05) is 39.5 Å². The van der Waals surface area contributed by atoms with Crippen LogP contribution < -0.4 is 0 Å². The molecule has 1 aromatic heterocycles. The first-order valence-corrected chi connectivity index (χ1v) is 10.7. The molecule has 1 aliphatic heterocycles. The van der Waals surface area contributed by atoms with Crippen LogP contribution in [0, 0.1) is 5.82 Å². The Kier molecular flexibility index (Phi) is 6.16. The quantitative estimate of drug-likeness (QED) is 0.592. The van der Waals surface area contributed by atoms with Crippen LogP contribution in [0.2, 0.25) is 10.0 Å². The van der Waals surface area contributed by atoms with Crippen LogP contribution in [-0.4, -0.2) is 57.3 Å². The first-order valence-electron chi connectivity index (χ1n) is 9.94. The van der Waals surface area contributed by atoms with E-state index in [0.717, 1.165) is 0 Å². The lowest BCUT2D eigenvalue weighted by Crippen LogP contribution is -2.50. The van der Waals surface area contributed by atoms with Gasteiger partial charge in [0.2, 0.25) is 11.8 Å². The minimum Gasteiger partial charge on any atom is -0.339 e. The van der Waals surface area contributed by atoms with Crippen LogP contribution in [0.25, 0.3) is 11.0 Å². The molecule has 0 bridgehead atoms. The lowest BCUT2D eigenvalue weighted by atomic mass is 10.1. The third kappa shape index (κ3) is 4.52. The van der Waals surface area contributed by atoms with E-state index in [2.05, 4.69) is 4.98 Å². The number of carbonyl (C=O) groups is 2. The van der Waals surface area contributed by atoms with Gasteiger partial charge in [0.05, 0.1) is 21.1 Å². The lowest BCUT2D eigenvalue weighted by molar-refractivity contribution is -0.138. The first kappa shape index (κ1) is 21.6. The summed E-state index contributed by atoms with van der Waals surface area (Å²) in [7, 11) is 0. The van der Waals surface area contributed by atoms with Crippen molar-refractivity contribution < 1.29 is 14.0 Å². The fourth-order valence-electron chi connectivity index (χ4n) is 3.80. The number of carbonyl (C=O) groups excluding carboxylic acids is 2. The number of aromatic nitrogens is 2. The number of imidazole rings is 1. The maximum Gasteiger partial charge on any atom is 0.242 e. The summed E-state index contributed by atoms with van der Waals surface area (Å²) in [6.07, 6.45) is 0.224. The van der Waals surface area contributed by atoms with Crippen LogP contribution in [0.1, 0.15) is 18.3 Å². The standard InChI is InChI=1S/C22H21Cl2FN4O2/c1-14(30)27-6-8-28(9-7-27)22(31)13-29-20-12-17(24)16(23)11-19(20)26-21(29)10-15-4-2-3-5-18(15)25/h2-5,11-12H,6-10,13H2,1H3. The topological polar surface area (TPSA) is 58.4 Å². The number of benzene rings is 2. The van der Waals surface area contributed by atoms with Gasteiger partial charge in [-0.3, -0.25) is 9.59 Å². The predicted molar refractivity (Wildman–Crippen MR) is 118 cm³/mol. The molecule has 0 unspecified atom stereocenters. The molecule has 0 atom stereocenters. The summed E-state index contributed by atoms with van der Waals surface area (Å²) in [5.74, 6) is 0.132. The third-order valence-corrected chi connectivity index (χ3v) is 6.27. The van der Waals surface area contributed by atoms with Crippen molar-refractivity contribution >= 4 is 46.0 Å². The molecule has 2 amide bonds. The molecule has 1 fully saturated rings. The Hall–Kier alpha value is -2.64. The minimum atomic E-state index is -0.330. The summed E-state index contributed by atoms with van der Waals surface area (Å²) < 4.78 is 16.0. The summed E-state index contributed by atoms with van der Waals surface area (Å²) in [5.41, 5.74) is 1.74. The average molecular weight is 463 g/mol. The highest BCUT2D eigenvalue weighted by molar-refractivity contribution is 6.42. The normalized spacial score (nSPS) is 14.3. The van der Waals surface area contributed by atoms with Gasteiger partial charge in [0.1, 0.15) is 18.2 Å². The number of piperazine rings is 1. The highest BCUT2D eigenvalue weighted by atomic mass is 35.5. The largest absolute Gasteiger partial charge is 0.339 e. The molecule has 3 aromatic rings. The second-order valence-electron chi connectivity index (χ2n) is 7.52. The Morgan fingerprint density at radius 3 is 2.35 bits per heavy atom. The molecule has 0 saturated carbocycles. The van der Waals surface area contributed by atoms with Gasteiger partial charge in [-0.2, -0.15) is 0 Å². The first-order chi connectivity index (χ1) is 14.8. The molecule has 0 spiro atoms. The molecule has 1 saturated heterocycles. The third-order valence-electron chi connectivity index (χ3n) is 5.55. The van der Waals surface area contributed by atoms with E-state index in [1.807, 2.05) is 0 Å². The van der Waals surface area contributed by atoms with Crippen LogP contribution >= 0.6 is 23.2 Å². The second kappa shape index (κ2) is 8.85. The summed E-state index contributed by atoms with van der Waals surface area (Å²) in [4.78, 5) is 32.7. The van der Waals surface area contributed by atoms with Gasteiger partial charge in [-0.25, -0.2) is 9.37 Å². The Labute approximate surface area is 189 Å². The minimum absolute atomic E-state index is 0.00592. The molecule has 0 aliphatic carbocycles. The molecule has 2 aromatic carbocycles. The van der Waals surface area contributed by atoms with Crippen molar-refractivity contribution in [1.29, 1.82) is 0 Å². The Morgan fingerprint density at radius 2 is 1.68 bits per heavy atom. The molecule has 0 N–H and O–H groups in total. The van der Waals surface area contributed by atoms with Crippen molar-refractivity contribution in [1.82, 2.24) is 19.4 Å². The number of hydrogen-bond donors (Lipinski definition) is 0. The zero-order valence-corrected chi connectivity index (χ0v) is 18.5. The van der Waals surface area contributed by atoms with Crippen LogP contribution in [0.15, 0.2) is 36.4 Å². The van der Waals surface area contributed by atoms with Gasteiger partial charge in [0.25, 0.3) is 0 Å². The molecule has 2 heterocycles. The van der Waals surface area contributed by atoms with E-state index < -0.39 is 0 Å². The van der Waals surface area contributed by atoms with Crippen molar-refractivity contribution in [3.05, 3.63) is 63.6 Å². The summed E-state index contributed by atoms with van der Waals surface area (Å²) >= 11 is 12.4. The zero-order chi connectivity index (χ0) is 22.1. The van der Waals surface area contributed by atoms with E-state index >= 15 is 0 Å². The SMILES string of the molecule is CC(=O)N1CCN(C(=O)Cn2c(Cc3ccccc3F)nc3cc(Cl)c(Cl)cc32)CC1. The van der Waals surface area contributed by atoms with E-state index in [0.29, 0.717) is 58.6 Å². The van der Waals surface area contributed by atoms with Gasteiger partial charge in [-0.05, 0) is 23.8 Å². The Morgan fingerprint density at radius 1 is 1.03 bits per heavy atom. The molecule has 1 aliphatic rings. The molecule has 162 valence electrons. The number of hydrogen-bond acceptors (Lipinski definition) is 3. The van der Waals surface area contributed by atoms with E-state index in [-0.39, 0.29) is 30.6 Å². The van der Waals surface area contributed by atoms with Gasteiger partial charge in [0.15, 0.2) is 0 Å². The van der Waals surface area contributed by atoms with E-state index in [4.69, 9.17) is 23.2 Å². The highest BCUT2D eigenvalue weighted by Gasteiger charge is 2.24. The van der Waals surface area contributed by atoms with Crippen molar-refractivity contribution in [2.45, 2.75) is 19.9 Å². The molecule has 9 heteroatoms. The Balaban J connectivity index is 1.65. The van der Waals surface area contributed by atoms with Gasteiger partial charge < -0.3 is 14.4 Å². The summed E-state index contributed by atoms with van der Waals surface area (Å²) in [6.45, 7) is 3.53. The van der Waals surface area contributed by atoms with E-state index in [1.54, 1.807) is 44.7 Å². The fraction of sp³-hybridized carbons (Fsp3) is 0.318. The number of amides is 2. The smallest absolute Gasteiger partial charge is 0.242 e. The van der Waals surface area contributed by atoms with Gasteiger partial charge in [-0.15, -0.1) is 0 Å². The van der Waals surface area contributed by atoms with Gasteiger partial charge >= 0.3 is 0 Å². The number of nitrogens with zero attached hydrogens (tertiary/aromatic N) is 4. The molecule has 0 radical (unpaired) electrons. The molecule has 4 rings (SSSR count). The zero-order valence-electron chi connectivity index (χ0n) is 16.9. The maximum absolute atomic E-state index is 14.3. The molecule has 6 nitrogen and oxygen atoms in total. The monoisotopic (exact) mass is 462 g/mol. The van der Waals surface area contributed by atoms with Crippen LogP contribution in [-0.2, 0) is 22.6 Å². The maximum atomic E-state index is 14.3. The van der Waals surface area contributed by atoms with Crippen LogP contribution in [0.3, 0.4) is 0 Å². The molecular weight excluding hydrogens is 442 g/mol. The van der Waals surface area contributed by atoms with E-state index in [1.165, 1.54) is 13.0 Å². The van der Waals surface area contributed by atoms with Crippen molar-refractivity contribution in [2.24, 2.45) is 0 Å². The van der Waals surface area contributed by atoms with Crippen LogP contribution in [0.4, 0.5) is 4.39 Å². The predicted octanol–water partition coefficient (Wildman–Crippen LogP) is 3.76. The van der Waals surface area contributed by atoms with E-state index in [9.17, 15) is 14.0 Å². The molecular formula is C22H21Cl2FN4O2. The van der Waals surface area contributed by atoms with Gasteiger partial charge in [-0.1, -0.05) is 41.4 Å². The number of rotatable bonds is 4. The van der Waals surface area contributed by atoms with Crippen molar-refractivity contribution in [2.75, 3.05) is 26.2 Å².